The number of hydrogen-bond donors (Lipinski definition) is 2. The Hall–Kier alpha value is -2.75. The topological polar surface area (TPSA) is 147 Å². The molecule has 9 atom stereocenters. The summed E-state index contributed by atoms with van der Waals surface area (Å²) >= 11 is 6.81. The van der Waals surface area contributed by atoms with E-state index in [0.717, 1.165) is 23.1 Å². The van der Waals surface area contributed by atoms with Crippen molar-refractivity contribution >= 4 is 62.8 Å². The van der Waals surface area contributed by atoms with Crippen LogP contribution in [0, 0.1) is 18.8 Å². The van der Waals surface area contributed by atoms with Crippen molar-refractivity contribution in [2.75, 3.05) is 39.0 Å². The number of benzene rings is 1. The van der Waals surface area contributed by atoms with Crippen molar-refractivity contribution in [2.45, 2.75) is 127 Å². The minimum absolute atomic E-state index is 0.0723. The number of likely N-dealkylation sites (N-methyl/N-ethyl adjacent to an activating group) is 1. The molecule has 0 radical (unpaired) electrons. The minimum atomic E-state index is -1.60. The number of rotatable bonds is 11. The van der Waals surface area contributed by atoms with Gasteiger partial charge in [-0.2, -0.15) is 0 Å². The van der Waals surface area contributed by atoms with Crippen LogP contribution in [0.2, 0.25) is 5.02 Å². The van der Waals surface area contributed by atoms with E-state index in [1.54, 1.807) is 56.6 Å². The zero-order chi connectivity index (χ0) is 41.7. The Morgan fingerprint density at radius 3 is 2.59 bits per heavy atom. The number of amides is 3. The van der Waals surface area contributed by atoms with E-state index in [4.69, 9.17) is 30.5 Å². The van der Waals surface area contributed by atoms with Crippen LogP contribution in [0.25, 0.3) is 0 Å². The molecule has 0 spiro atoms. The molecule has 1 unspecified atom stereocenters. The normalized spacial score (nSPS) is 31.4. The summed E-state index contributed by atoms with van der Waals surface area (Å²) in [6.45, 7) is 13.5. The third kappa shape index (κ3) is 10.5. The highest BCUT2D eigenvalue weighted by molar-refractivity contribution is 8.77. The highest BCUT2D eigenvalue weighted by atomic mass is 35.5. The summed E-state index contributed by atoms with van der Waals surface area (Å²) in [5.74, 6) is -2.22. The number of epoxide rings is 1. The Morgan fingerprint density at radius 1 is 1.25 bits per heavy atom. The highest BCUT2D eigenvalue weighted by Gasteiger charge is 2.64. The molecule has 312 valence electrons. The number of anilines is 1. The number of aryl methyl sites for hydroxylation is 1. The standard InChI is InChI=1S/C41H60ClN3O9S2/c1-12-40(23-51-10,56-55-11)17-16-33(46)44(8)28(6)37(48)53-32-21-34(47)45(9)30-20-29(19-25(3)35(30)42)18-24(2)14-13-15-26(4)41(50)22-31(52-38(49)43-41)27(5)36-39(32,7)54-36/h13-15,19-20,26-28,31-32,36,50H,12,16-18,21-23H2,1-11H3,(H,43,49)/b15-13+,24-14+/t26-,27-,28+,31+,32+,36+,39+,40?,41+/m1/s1. The molecule has 2 N–H and O–H groups in total. The Labute approximate surface area is 345 Å². The first-order valence-electron chi connectivity index (χ1n) is 19.2. The van der Waals surface area contributed by atoms with Gasteiger partial charge in [-0.15, -0.1) is 0 Å². The SMILES string of the molecule is CCC(CCC(=O)N(C)[C@@H](C)C(=O)O[C@H]1CC(=O)N(C)c2cc(cc(C)c2Cl)C/C(C)=C/C=C/[C@@H](C)[C@@]2(O)C[C@H](OC(=O)N2)[C@@H](C)[C@@H]2O[C@@]12C)(COC)SSC. The molecular formula is C41H60ClN3O9S2. The van der Waals surface area contributed by atoms with E-state index in [0.29, 0.717) is 30.2 Å². The summed E-state index contributed by atoms with van der Waals surface area (Å²) in [5, 5.41) is 14.7. The first kappa shape index (κ1) is 45.9. The maximum absolute atomic E-state index is 14.2. The van der Waals surface area contributed by atoms with E-state index < -0.39 is 59.6 Å². The third-order valence-corrected chi connectivity index (χ3v) is 15.0. The second-order valence-corrected chi connectivity index (χ2v) is 19.1. The van der Waals surface area contributed by atoms with Gasteiger partial charge >= 0.3 is 12.1 Å². The molecule has 56 heavy (non-hydrogen) atoms. The van der Waals surface area contributed by atoms with Crippen molar-refractivity contribution in [1.82, 2.24) is 10.2 Å². The maximum atomic E-state index is 14.2. The van der Waals surface area contributed by atoms with Crippen molar-refractivity contribution in [2.24, 2.45) is 11.8 Å². The van der Waals surface area contributed by atoms with Gasteiger partial charge < -0.3 is 33.9 Å². The smallest absolute Gasteiger partial charge is 0.409 e. The lowest BCUT2D eigenvalue weighted by molar-refractivity contribution is -0.162. The van der Waals surface area contributed by atoms with Crippen molar-refractivity contribution in [3.05, 3.63) is 52.1 Å². The Kier molecular flexibility index (Phi) is 15.5. The summed E-state index contributed by atoms with van der Waals surface area (Å²) < 4.78 is 23.4. The molecule has 2 saturated heterocycles. The lowest BCUT2D eigenvalue weighted by atomic mass is 9.82. The van der Waals surface area contributed by atoms with Gasteiger partial charge in [-0.1, -0.05) is 83.8 Å². The summed E-state index contributed by atoms with van der Waals surface area (Å²) in [6, 6.07) is 2.88. The van der Waals surface area contributed by atoms with Crippen LogP contribution in [-0.2, 0) is 39.8 Å². The van der Waals surface area contributed by atoms with Crippen LogP contribution in [0.15, 0.2) is 35.9 Å². The number of carbonyl (C=O) groups excluding carboxylic acids is 4. The van der Waals surface area contributed by atoms with Crippen LogP contribution in [0.5, 0.6) is 0 Å². The molecule has 3 aliphatic rings. The average Bonchev–Trinajstić information content (AvgIpc) is 3.84. The molecule has 4 rings (SSSR count). The molecule has 4 bridgehead atoms. The fraction of sp³-hybridized carbons (Fsp3) is 0.659. The number of halogens is 1. The van der Waals surface area contributed by atoms with Crippen molar-refractivity contribution < 1.29 is 43.2 Å². The summed E-state index contributed by atoms with van der Waals surface area (Å²) in [7, 11) is 8.17. The van der Waals surface area contributed by atoms with E-state index >= 15 is 0 Å². The lowest BCUT2D eigenvalue weighted by Crippen LogP contribution is -2.60. The number of carbonyl (C=O) groups is 4. The molecule has 1 aromatic carbocycles. The highest BCUT2D eigenvalue weighted by Crippen LogP contribution is 2.49. The molecule has 3 amide bonds. The molecule has 3 aliphatic heterocycles. The predicted molar refractivity (Wildman–Crippen MR) is 223 cm³/mol. The van der Waals surface area contributed by atoms with Gasteiger partial charge in [0.25, 0.3) is 0 Å². The second-order valence-electron chi connectivity index (χ2n) is 15.9. The van der Waals surface area contributed by atoms with E-state index in [1.807, 2.05) is 64.3 Å². The Balaban J connectivity index is 1.66. The average molecular weight is 839 g/mol. The number of nitrogens with zero attached hydrogens (tertiary/aromatic N) is 2. The predicted octanol–water partition coefficient (Wildman–Crippen LogP) is 7.02. The van der Waals surface area contributed by atoms with Gasteiger partial charge in [-0.25, -0.2) is 9.59 Å². The van der Waals surface area contributed by atoms with Crippen molar-refractivity contribution in [3.8, 4) is 0 Å². The largest absolute Gasteiger partial charge is 0.457 e. The van der Waals surface area contributed by atoms with Gasteiger partial charge in [-0.05, 0) is 70.4 Å². The van der Waals surface area contributed by atoms with Crippen molar-refractivity contribution in [3.63, 3.8) is 0 Å². The summed E-state index contributed by atoms with van der Waals surface area (Å²) in [5.41, 5.74) is 0.505. The molecule has 0 saturated carbocycles. The maximum Gasteiger partial charge on any atom is 0.409 e. The first-order valence-corrected chi connectivity index (χ1v) is 22.1. The molecule has 1 aromatic rings. The van der Waals surface area contributed by atoms with E-state index in [1.165, 1.54) is 9.80 Å². The van der Waals surface area contributed by atoms with E-state index in [9.17, 15) is 24.3 Å². The number of allylic oxidation sites excluding steroid dienone is 3. The third-order valence-electron chi connectivity index (χ3n) is 11.8. The second kappa shape index (κ2) is 18.9. The number of hydrogen-bond acceptors (Lipinski definition) is 11. The van der Waals surface area contributed by atoms with E-state index in [-0.39, 0.29) is 35.8 Å². The quantitative estimate of drug-likeness (QED) is 0.135. The van der Waals surface area contributed by atoms with Gasteiger partial charge in [0.05, 0.1) is 29.8 Å². The Morgan fingerprint density at radius 2 is 1.95 bits per heavy atom. The van der Waals surface area contributed by atoms with E-state index in [2.05, 4.69) is 12.2 Å². The number of nitrogens with one attached hydrogen (secondary N) is 1. The van der Waals surface area contributed by atoms with Gasteiger partial charge in [0.1, 0.15) is 29.6 Å². The van der Waals surface area contributed by atoms with Gasteiger partial charge in [-0.3, -0.25) is 14.9 Å². The lowest BCUT2D eigenvalue weighted by Gasteiger charge is -2.41. The molecule has 3 heterocycles. The fourth-order valence-electron chi connectivity index (χ4n) is 7.59. The molecule has 15 heteroatoms. The number of ether oxygens (including phenoxy) is 4. The van der Waals surface area contributed by atoms with Crippen LogP contribution >= 0.6 is 33.2 Å². The van der Waals surface area contributed by atoms with Crippen LogP contribution < -0.4 is 10.2 Å². The number of aliphatic hydroxyl groups is 1. The van der Waals surface area contributed by atoms with Crippen LogP contribution in [0.3, 0.4) is 0 Å². The number of alkyl carbamates (subject to hydrolysis) is 1. The van der Waals surface area contributed by atoms with Gasteiger partial charge in [0.2, 0.25) is 11.8 Å². The minimum Gasteiger partial charge on any atom is -0.457 e. The zero-order valence-corrected chi connectivity index (χ0v) is 37.0. The van der Waals surface area contributed by atoms with Crippen molar-refractivity contribution in [1.29, 1.82) is 0 Å². The fourth-order valence-corrected chi connectivity index (χ4v) is 10.5. The molecule has 12 nitrogen and oxygen atoms in total. The molecule has 0 aromatic heterocycles. The Bertz CT molecular complexity index is 1690. The molecule has 2 fully saturated rings. The molecule has 0 aliphatic carbocycles. The first-order chi connectivity index (χ1) is 26.2. The van der Waals surface area contributed by atoms with Gasteiger partial charge in [0.15, 0.2) is 0 Å². The number of methoxy groups -OCH3 is 1. The monoisotopic (exact) mass is 837 g/mol. The van der Waals surface area contributed by atoms with Crippen LogP contribution in [0.4, 0.5) is 10.5 Å². The summed E-state index contributed by atoms with van der Waals surface area (Å²) in [4.78, 5) is 57.3. The summed E-state index contributed by atoms with van der Waals surface area (Å²) in [6.07, 6.45) is 6.39. The number of fused-ring (bicyclic) bond motifs is 5. The number of esters is 1. The van der Waals surface area contributed by atoms with Gasteiger partial charge in [0, 0.05) is 50.6 Å². The van der Waals surface area contributed by atoms with Crippen LogP contribution in [-0.4, -0.2) is 108 Å². The zero-order valence-electron chi connectivity index (χ0n) is 34.6. The van der Waals surface area contributed by atoms with Crippen LogP contribution in [0.1, 0.15) is 84.8 Å². The molecular weight excluding hydrogens is 778 g/mol.